The van der Waals surface area contributed by atoms with Crippen LogP contribution >= 0.6 is 0 Å². The largest absolute Gasteiger partial charge is 0.414 e. The summed E-state index contributed by atoms with van der Waals surface area (Å²) in [5, 5.41) is 0. The normalized spacial score (nSPS) is 12.8. The molecule has 21 heavy (non-hydrogen) atoms. The maximum Gasteiger partial charge on any atom is 0.177 e. The summed E-state index contributed by atoms with van der Waals surface area (Å²) in [6.45, 7) is 10.8. The molecular weight excluding hydrogens is 272 g/mol. The first-order valence-electron chi connectivity index (χ1n) is 9.56. The van der Waals surface area contributed by atoms with Gasteiger partial charge in [-0.2, -0.15) is 0 Å². The first kappa shape index (κ1) is 20.9. The van der Waals surface area contributed by atoms with Crippen LogP contribution in [0.4, 0.5) is 0 Å². The van der Waals surface area contributed by atoms with Crippen LogP contribution in [-0.2, 0) is 4.43 Å². The molecule has 1 atom stereocenters. The molecule has 1 nitrogen and oxygen atoms in total. The zero-order valence-corrected chi connectivity index (χ0v) is 16.2. The van der Waals surface area contributed by atoms with Crippen molar-refractivity contribution in [2.75, 3.05) is 0 Å². The van der Waals surface area contributed by atoms with Crippen molar-refractivity contribution in [3.63, 3.8) is 0 Å². The fourth-order valence-corrected chi connectivity index (χ4v) is 5.56. The lowest BCUT2D eigenvalue weighted by Crippen LogP contribution is -2.24. The molecule has 0 aromatic heterocycles. The van der Waals surface area contributed by atoms with E-state index < -0.39 is 9.04 Å². The van der Waals surface area contributed by atoms with Gasteiger partial charge in [0.2, 0.25) is 0 Å². The minimum Gasteiger partial charge on any atom is -0.414 e. The van der Waals surface area contributed by atoms with E-state index in [-0.39, 0.29) is 0 Å². The third kappa shape index (κ3) is 13.3. The van der Waals surface area contributed by atoms with Gasteiger partial charge in [0.15, 0.2) is 9.04 Å². The van der Waals surface area contributed by atoms with Crippen molar-refractivity contribution >= 4 is 9.04 Å². The fraction of sp³-hybridized carbons (Fsp3) is 0.895. The summed E-state index contributed by atoms with van der Waals surface area (Å²) < 4.78 is 6.48. The Bertz CT molecular complexity index is 206. The molecule has 0 aromatic carbocycles. The van der Waals surface area contributed by atoms with Crippen LogP contribution in [0.3, 0.4) is 0 Å². The molecule has 0 amide bonds. The second kappa shape index (κ2) is 16.3. The molecule has 126 valence electrons. The standard InChI is InChI=1S/C19H40OSi/c1-5-9-12-14-17-21(18-15-13-10-6-2)20-19(8-4)16-11-7-3/h8,19,21H,4-7,9-18H2,1-3H3. The summed E-state index contributed by atoms with van der Waals surface area (Å²) in [6.07, 6.45) is 17.1. The number of unbranched alkanes of at least 4 members (excludes halogenated alkanes) is 7. The first-order chi connectivity index (χ1) is 10.3. The van der Waals surface area contributed by atoms with Crippen LogP contribution in [-0.4, -0.2) is 15.1 Å². The van der Waals surface area contributed by atoms with Crippen molar-refractivity contribution in [2.24, 2.45) is 0 Å². The molecule has 0 radical (unpaired) electrons. The molecule has 0 aliphatic rings. The van der Waals surface area contributed by atoms with Crippen LogP contribution < -0.4 is 0 Å². The number of rotatable bonds is 16. The molecule has 0 saturated heterocycles. The predicted octanol–water partition coefficient (Wildman–Crippen LogP) is 6.63. The van der Waals surface area contributed by atoms with Crippen molar-refractivity contribution in [3.05, 3.63) is 12.7 Å². The third-order valence-electron chi connectivity index (χ3n) is 4.23. The van der Waals surface area contributed by atoms with Crippen molar-refractivity contribution in [2.45, 2.75) is 110 Å². The van der Waals surface area contributed by atoms with Crippen LogP contribution in [0.15, 0.2) is 12.7 Å². The highest BCUT2D eigenvalue weighted by Gasteiger charge is 2.15. The Balaban J connectivity index is 4.09. The lowest BCUT2D eigenvalue weighted by atomic mass is 10.2. The molecule has 0 heterocycles. The molecule has 0 fully saturated rings. The Labute approximate surface area is 136 Å². The Morgan fingerprint density at radius 1 is 0.810 bits per heavy atom. The van der Waals surface area contributed by atoms with Gasteiger partial charge in [0.1, 0.15) is 0 Å². The summed E-state index contributed by atoms with van der Waals surface area (Å²) in [5.74, 6) is 0. The van der Waals surface area contributed by atoms with Crippen molar-refractivity contribution in [1.29, 1.82) is 0 Å². The predicted molar refractivity (Wildman–Crippen MR) is 99.6 cm³/mol. The fourth-order valence-electron chi connectivity index (χ4n) is 2.77. The molecule has 0 N–H and O–H groups in total. The molecule has 0 spiro atoms. The van der Waals surface area contributed by atoms with E-state index in [9.17, 15) is 0 Å². The number of hydrogen-bond acceptors (Lipinski definition) is 1. The molecular formula is C19H40OSi. The van der Waals surface area contributed by atoms with Gasteiger partial charge >= 0.3 is 0 Å². The van der Waals surface area contributed by atoms with E-state index in [1.807, 2.05) is 6.08 Å². The lowest BCUT2D eigenvalue weighted by Gasteiger charge is -2.22. The van der Waals surface area contributed by atoms with Crippen LogP contribution in [0.2, 0.25) is 12.1 Å². The highest BCUT2D eigenvalue weighted by molar-refractivity contribution is 6.51. The van der Waals surface area contributed by atoms with E-state index >= 15 is 0 Å². The monoisotopic (exact) mass is 312 g/mol. The van der Waals surface area contributed by atoms with Crippen molar-refractivity contribution in [1.82, 2.24) is 0 Å². The molecule has 1 unspecified atom stereocenters. The van der Waals surface area contributed by atoms with Gasteiger partial charge in [-0.05, 0) is 18.5 Å². The van der Waals surface area contributed by atoms with Gasteiger partial charge < -0.3 is 4.43 Å². The van der Waals surface area contributed by atoms with E-state index in [4.69, 9.17) is 4.43 Å². The molecule has 0 aliphatic heterocycles. The van der Waals surface area contributed by atoms with Crippen LogP contribution in [0.5, 0.6) is 0 Å². The Kier molecular flexibility index (Phi) is 16.2. The SMILES string of the molecule is C=CC(CCCC)O[SiH](CCCCCC)CCCCCC. The van der Waals surface area contributed by atoms with Crippen LogP contribution in [0.25, 0.3) is 0 Å². The van der Waals surface area contributed by atoms with Crippen molar-refractivity contribution in [3.8, 4) is 0 Å². The Morgan fingerprint density at radius 2 is 1.33 bits per heavy atom. The van der Waals surface area contributed by atoms with Crippen LogP contribution in [0.1, 0.15) is 91.4 Å². The van der Waals surface area contributed by atoms with Gasteiger partial charge in [-0.15, -0.1) is 6.58 Å². The molecule has 0 aliphatic carbocycles. The maximum absolute atomic E-state index is 6.48. The highest BCUT2D eigenvalue weighted by atomic mass is 28.3. The van der Waals surface area contributed by atoms with E-state index in [1.165, 1.54) is 82.7 Å². The minimum atomic E-state index is -1.01. The molecule has 0 saturated carbocycles. The van der Waals surface area contributed by atoms with Gasteiger partial charge in [-0.25, -0.2) is 0 Å². The van der Waals surface area contributed by atoms with Crippen molar-refractivity contribution < 1.29 is 4.43 Å². The maximum atomic E-state index is 6.48. The van der Waals surface area contributed by atoms with Gasteiger partial charge in [-0.3, -0.25) is 0 Å². The third-order valence-corrected chi connectivity index (χ3v) is 7.07. The lowest BCUT2D eigenvalue weighted by molar-refractivity contribution is 0.232. The summed E-state index contributed by atoms with van der Waals surface area (Å²) in [6, 6.07) is 2.76. The van der Waals surface area contributed by atoms with E-state index in [0.717, 1.165) is 0 Å². The first-order valence-corrected chi connectivity index (χ1v) is 11.7. The second-order valence-electron chi connectivity index (χ2n) is 6.37. The van der Waals surface area contributed by atoms with E-state index in [2.05, 4.69) is 27.4 Å². The Morgan fingerprint density at radius 3 is 1.76 bits per heavy atom. The Hall–Kier alpha value is -0.0831. The minimum absolute atomic E-state index is 0.332. The van der Waals surface area contributed by atoms with E-state index in [1.54, 1.807) is 0 Å². The topological polar surface area (TPSA) is 9.23 Å². The summed E-state index contributed by atoms with van der Waals surface area (Å²) in [4.78, 5) is 0. The summed E-state index contributed by atoms with van der Waals surface area (Å²) in [7, 11) is -1.01. The molecule has 0 bridgehead atoms. The zero-order chi connectivity index (χ0) is 15.8. The van der Waals surface area contributed by atoms with Gasteiger partial charge in [-0.1, -0.05) is 91.1 Å². The van der Waals surface area contributed by atoms with E-state index in [0.29, 0.717) is 6.10 Å². The van der Waals surface area contributed by atoms with Gasteiger partial charge in [0.25, 0.3) is 0 Å². The van der Waals surface area contributed by atoms with Gasteiger partial charge in [0, 0.05) is 0 Å². The second-order valence-corrected chi connectivity index (χ2v) is 9.04. The average molecular weight is 313 g/mol. The molecule has 0 rings (SSSR count). The summed E-state index contributed by atoms with van der Waals surface area (Å²) in [5.41, 5.74) is 0. The average Bonchev–Trinajstić information content (AvgIpc) is 2.51. The van der Waals surface area contributed by atoms with Crippen LogP contribution in [0, 0.1) is 0 Å². The molecule has 2 heteroatoms. The molecule has 0 aromatic rings. The smallest absolute Gasteiger partial charge is 0.177 e. The van der Waals surface area contributed by atoms with Gasteiger partial charge in [0.05, 0.1) is 6.10 Å². The summed E-state index contributed by atoms with van der Waals surface area (Å²) >= 11 is 0. The zero-order valence-electron chi connectivity index (χ0n) is 15.0. The number of hydrogen-bond donors (Lipinski definition) is 0. The quantitative estimate of drug-likeness (QED) is 0.176. The highest BCUT2D eigenvalue weighted by Crippen LogP contribution is 2.18.